The molecule has 0 aliphatic carbocycles. The van der Waals surface area contributed by atoms with Crippen LogP contribution in [0.5, 0.6) is 0 Å². The third kappa shape index (κ3) is 3.09. The van der Waals surface area contributed by atoms with Gasteiger partial charge >= 0.3 is 5.69 Å². The maximum Gasteiger partial charge on any atom is 0.323 e. The van der Waals surface area contributed by atoms with Crippen LogP contribution in [0, 0.1) is 20.2 Å². The molecule has 4 aromatic rings. The number of benzene rings is 3. The Kier molecular flexibility index (Phi) is 4.13. The van der Waals surface area contributed by atoms with Crippen molar-refractivity contribution in [2.45, 2.75) is 0 Å². The molecule has 4 rings (SSSR count). The van der Waals surface area contributed by atoms with E-state index in [-0.39, 0.29) is 22.6 Å². The van der Waals surface area contributed by atoms with Crippen LogP contribution >= 0.6 is 0 Å². The van der Waals surface area contributed by atoms with Crippen LogP contribution in [-0.2, 0) is 0 Å². The maximum absolute atomic E-state index is 11.4. The Hall–Kier alpha value is -4.34. The lowest BCUT2D eigenvalue weighted by Crippen LogP contribution is -1.98. The molecule has 0 radical (unpaired) electrons. The van der Waals surface area contributed by atoms with Crippen LogP contribution in [-0.4, -0.2) is 20.2 Å². The van der Waals surface area contributed by atoms with Crippen molar-refractivity contribution >= 4 is 33.8 Å². The zero-order valence-electron chi connectivity index (χ0n) is 14.1. The van der Waals surface area contributed by atoms with Crippen molar-refractivity contribution in [3.63, 3.8) is 0 Å². The second-order valence-corrected chi connectivity index (χ2v) is 5.86. The highest BCUT2D eigenvalue weighted by Crippen LogP contribution is 2.34. The summed E-state index contributed by atoms with van der Waals surface area (Å²) in [6, 6.07) is 16.4. The van der Waals surface area contributed by atoms with E-state index >= 15 is 0 Å². The fourth-order valence-electron chi connectivity index (χ4n) is 2.80. The van der Waals surface area contributed by atoms with Gasteiger partial charge in [0.05, 0.1) is 9.85 Å². The largest absolute Gasteiger partial charge is 0.350 e. The first kappa shape index (κ1) is 17.1. The molecular formula is C18H11N5O5. The molecule has 1 heterocycles. The van der Waals surface area contributed by atoms with Gasteiger partial charge in [0, 0.05) is 17.8 Å². The third-order valence-corrected chi connectivity index (χ3v) is 4.16. The number of nitrogens with zero attached hydrogens (tertiary/aromatic N) is 4. The predicted molar refractivity (Wildman–Crippen MR) is 100 cm³/mol. The van der Waals surface area contributed by atoms with Gasteiger partial charge in [-0.1, -0.05) is 12.1 Å². The zero-order chi connectivity index (χ0) is 19.7. The second-order valence-electron chi connectivity index (χ2n) is 5.86. The number of nitro benzene ring substituents is 2. The molecule has 0 atom stereocenters. The summed E-state index contributed by atoms with van der Waals surface area (Å²) >= 11 is 0. The Labute approximate surface area is 156 Å². The Balaban J connectivity index is 1.61. The standard InChI is InChI=1S/C18H11N5O5/c24-22(25)14-7-3-12(4-8-14)11-1-5-13(6-2-11)19-16-10-9-15-17(21-28-20-15)18(16)23(26)27/h1-10,19H. The molecule has 3 aromatic carbocycles. The number of anilines is 2. The van der Waals surface area contributed by atoms with Gasteiger partial charge in [-0.25, -0.2) is 4.63 Å². The number of non-ortho nitro benzene ring substituents is 1. The highest BCUT2D eigenvalue weighted by Gasteiger charge is 2.22. The average Bonchev–Trinajstić information content (AvgIpc) is 3.17. The van der Waals surface area contributed by atoms with Crippen LogP contribution < -0.4 is 5.32 Å². The van der Waals surface area contributed by atoms with E-state index < -0.39 is 9.85 Å². The zero-order valence-corrected chi connectivity index (χ0v) is 14.1. The molecule has 0 aliphatic rings. The predicted octanol–water partition coefficient (Wildman–Crippen LogP) is 4.45. The monoisotopic (exact) mass is 377 g/mol. The molecule has 0 spiro atoms. The van der Waals surface area contributed by atoms with Gasteiger partial charge in [0.1, 0.15) is 11.2 Å². The molecule has 0 saturated heterocycles. The molecule has 10 nitrogen and oxygen atoms in total. The van der Waals surface area contributed by atoms with Gasteiger partial charge in [0.15, 0.2) is 0 Å². The minimum Gasteiger partial charge on any atom is -0.350 e. The first-order valence-electron chi connectivity index (χ1n) is 8.04. The summed E-state index contributed by atoms with van der Waals surface area (Å²) in [7, 11) is 0. The number of hydrogen-bond donors (Lipinski definition) is 1. The molecule has 1 aromatic heterocycles. The lowest BCUT2D eigenvalue weighted by atomic mass is 10.0. The molecule has 0 amide bonds. The Bertz CT molecular complexity index is 1190. The molecule has 0 unspecified atom stereocenters. The average molecular weight is 377 g/mol. The highest BCUT2D eigenvalue weighted by atomic mass is 16.6. The van der Waals surface area contributed by atoms with Crippen LogP contribution in [0.1, 0.15) is 0 Å². The van der Waals surface area contributed by atoms with Crippen LogP contribution in [0.4, 0.5) is 22.7 Å². The Morgan fingerprint density at radius 1 is 0.786 bits per heavy atom. The van der Waals surface area contributed by atoms with Crippen LogP contribution in [0.3, 0.4) is 0 Å². The Morgan fingerprint density at radius 3 is 2.04 bits per heavy atom. The number of rotatable bonds is 5. The summed E-state index contributed by atoms with van der Waals surface area (Å²) in [6.45, 7) is 0. The van der Waals surface area contributed by atoms with Crippen LogP contribution in [0.2, 0.25) is 0 Å². The maximum atomic E-state index is 11.4. The molecule has 0 aliphatic heterocycles. The van der Waals surface area contributed by atoms with E-state index in [1.54, 1.807) is 30.3 Å². The van der Waals surface area contributed by atoms with Crippen molar-refractivity contribution < 1.29 is 14.5 Å². The number of nitro groups is 2. The quantitative estimate of drug-likeness (QED) is 0.398. The summed E-state index contributed by atoms with van der Waals surface area (Å²) in [5.74, 6) is 0. The van der Waals surface area contributed by atoms with Gasteiger partial charge in [-0.2, -0.15) is 0 Å². The van der Waals surface area contributed by atoms with E-state index in [1.807, 2.05) is 12.1 Å². The molecule has 0 saturated carbocycles. The van der Waals surface area contributed by atoms with Crippen molar-refractivity contribution in [1.29, 1.82) is 0 Å². The molecule has 1 N–H and O–H groups in total. The van der Waals surface area contributed by atoms with E-state index in [9.17, 15) is 20.2 Å². The van der Waals surface area contributed by atoms with Crippen molar-refractivity contribution in [3.8, 4) is 11.1 Å². The van der Waals surface area contributed by atoms with Crippen molar-refractivity contribution in [3.05, 3.63) is 80.9 Å². The smallest absolute Gasteiger partial charge is 0.323 e. The van der Waals surface area contributed by atoms with E-state index in [2.05, 4.69) is 20.3 Å². The summed E-state index contributed by atoms with van der Waals surface area (Å²) in [4.78, 5) is 21.2. The fourth-order valence-corrected chi connectivity index (χ4v) is 2.80. The van der Waals surface area contributed by atoms with Crippen LogP contribution in [0.15, 0.2) is 65.3 Å². The molecule has 138 valence electrons. The first-order chi connectivity index (χ1) is 13.5. The number of aromatic nitrogens is 2. The summed E-state index contributed by atoms with van der Waals surface area (Å²) in [6.07, 6.45) is 0. The van der Waals surface area contributed by atoms with Gasteiger partial charge in [-0.3, -0.25) is 20.2 Å². The van der Waals surface area contributed by atoms with Crippen molar-refractivity contribution in [1.82, 2.24) is 10.3 Å². The first-order valence-corrected chi connectivity index (χ1v) is 8.04. The van der Waals surface area contributed by atoms with E-state index in [0.29, 0.717) is 11.2 Å². The van der Waals surface area contributed by atoms with Crippen molar-refractivity contribution in [2.24, 2.45) is 0 Å². The summed E-state index contributed by atoms with van der Waals surface area (Å²) in [5.41, 5.74) is 2.72. The van der Waals surface area contributed by atoms with E-state index in [4.69, 9.17) is 0 Å². The lowest BCUT2D eigenvalue weighted by Gasteiger charge is -2.08. The van der Waals surface area contributed by atoms with Gasteiger partial charge in [-0.05, 0) is 57.8 Å². The third-order valence-electron chi connectivity index (χ3n) is 4.16. The van der Waals surface area contributed by atoms with Crippen LogP contribution in [0.25, 0.3) is 22.2 Å². The minimum atomic E-state index is -0.542. The molecule has 28 heavy (non-hydrogen) atoms. The summed E-state index contributed by atoms with van der Waals surface area (Å²) < 4.78 is 4.57. The molecular weight excluding hydrogens is 366 g/mol. The van der Waals surface area contributed by atoms with Gasteiger partial charge in [0.25, 0.3) is 5.69 Å². The van der Waals surface area contributed by atoms with E-state index in [0.717, 1.165) is 11.1 Å². The number of fused-ring (bicyclic) bond motifs is 1. The fraction of sp³-hybridized carbons (Fsp3) is 0. The number of hydrogen-bond acceptors (Lipinski definition) is 8. The lowest BCUT2D eigenvalue weighted by molar-refractivity contribution is -0.384. The second kappa shape index (κ2) is 6.76. The Morgan fingerprint density at radius 2 is 1.43 bits per heavy atom. The van der Waals surface area contributed by atoms with Gasteiger partial charge < -0.3 is 5.32 Å². The normalized spacial score (nSPS) is 10.7. The SMILES string of the molecule is O=[N+]([O-])c1ccc(-c2ccc(Nc3ccc4nonc4c3[N+](=O)[O-])cc2)cc1. The van der Waals surface area contributed by atoms with Crippen molar-refractivity contribution in [2.75, 3.05) is 5.32 Å². The van der Waals surface area contributed by atoms with Gasteiger partial charge in [-0.15, -0.1) is 0 Å². The number of nitrogens with one attached hydrogen (secondary N) is 1. The van der Waals surface area contributed by atoms with Gasteiger partial charge in [0.2, 0.25) is 5.52 Å². The topological polar surface area (TPSA) is 137 Å². The molecule has 10 heteroatoms. The summed E-state index contributed by atoms with van der Waals surface area (Å²) in [5, 5.41) is 32.4. The molecule has 0 fully saturated rings. The molecule has 0 bridgehead atoms. The van der Waals surface area contributed by atoms with E-state index in [1.165, 1.54) is 18.2 Å². The highest BCUT2D eigenvalue weighted by molar-refractivity contribution is 5.92. The minimum absolute atomic E-state index is 0.0204.